The van der Waals surface area contributed by atoms with Crippen molar-refractivity contribution in [3.8, 4) is 44.8 Å². The van der Waals surface area contributed by atoms with Crippen LogP contribution >= 0.6 is 0 Å². The van der Waals surface area contributed by atoms with Crippen molar-refractivity contribution in [3.05, 3.63) is 219 Å². The van der Waals surface area contributed by atoms with Crippen LogP contribution in [0.1, 0.15) is 179 Å². The van der Waals surface area contributed by atoms with Gasteiger partial charge in [0.25, 0.3) is 6.71 Å². The minimum atomic E-state index is -0.674. The topological polar surface area (TPSA) is 9.86 Å². The van der Waals surface area contributed by atoms with Crippen LogP contribution in [-0.4, -0.2) is 15.8 Å². The summed E-state index contributed by atoms with van der Waals surface area (Å²) in [7, 11) is 0. The van der Waals surface area contributed by atoms with Crippen molar-refractivity contribution in [2.75, 3.05) is 0 Å². The maximum Gasteiger partial charge on any atom is 0.252 e. The molecule has 2 nitrogen and oxygen atoms in total. The predicted octanol–water partition coefficient (Wildman–Crippen LogP) is 19.7. The Hall–Kier alpha value is -7.88. The summed E-state index contributed by atoms with van der Waals surface area (Å²) in [6.45, 7) is 38.7. The van der Waals surface area contributed by atoms with E-state index in [2.05, 4.69) is 284 Å². The molecule has 2 aliphatic carbocycles. The van der Waals surface area contributed by atoms with Gasteiger partial charge in [-0.3, -0.25) is 0 Å². The smallest absolute Gasteiger partial charge is 0.252 e. The number of rotatable bonds is 2. The third-order valence-corrected chi connectivity index (χ3v) is 22.1. The number of nitrogens with zero attached hydrogens (tertiary/aromatic N) is 2. The highest BCUT2D eigenvalue weighted by Gasteiger charge is 2.56. The van der Waals surface area contributed by atoms with E-state index in [-0.39, 0.29) is 39.2 Å². The van der Waals surface area contributed by atoms with Crippen molar-refractivity contribution >= 4 is 77.5 Å². The van der Waals surface area contributed by atoms with Crippen LogP contribution in [0.2, 0.25) is 0 Å². The Kier molecular flexibility index (Phi) is 10.00. The van der Waals surface area contributed by atoms with E-state index >= 15 is 0 Å². The lowest BCUT2D eigenvalue weighted by molar-refractivity contribution is 0.332. The molecule has 0 atom stereocenters. The quantitative estimate of drug-likeness (QED) is 0.153. The lowest BCUT2D eigenvalue weighted by atomic mass is 9.33. The van der Waals surface area contributed by atoms with E-state index in [0.717, 1.165) is 6.42 Å². The molecule has 0 N–H and O–H groups in total. The number of hydrogen-bond acceptors (Lipinski definition) is 0. The second kappa shape index (κ2) is 16.4. The molecule has 12 aromatic rings. The molecule has 86 heavy (non-hydrogen) atoms. The van der Waals surface area contributed by atoms with Crippen molar-refractivity contribution < 1.29 is 0 Å². The van der Waals surface area contributed by atoms with Gasteiger partial charge in [0.2, 0.25) is 0 Å². The molecule has 0 unspecified atom stereocenters. The third-order valence-electron chi connectivity index (χ3n) is 22.1. The van der Waals surface area contributed by atoms with Crippen molar-refractivity contribution in [2.45, 2.75) is 162 Å². The van der Waals surface area contributed by atoms with Gasteiger partial charge in [0.1, 0.15) is 0 Å². The molecule has 5 aliphatic rings. The average molecular weight is 1120 g/mol. The lowest BCUT2D eigenvalue weighted by Gasteiger charge is -2.45. The summed E-state index contributed by atoms with van der Waals surface area (Å²) < 4.78 is 5.64. The largest absolute Gasteiger partial charge is 0.310 e. The molecule has 0 amide bonds. The fourth-order valence-corrected chi connectivity index (χ4v) is 17.3. The van der Waals surface area contributed by atoms with Crippen LogP contribution in [0.4, 0.5) is 0 Å². The maximum absolute atomic E-state index is 2.84. The summed E-state index contributed by atoms with van der Waals surface area (Å²) in [5.74, 6) is 0. The van der Waals surface area contributed by atoms with Gasteiger partial charge in [-0.1, -0.05) is 226 Å². The first-order valence-electron chi connectivity index (χ1n) is 32.1. The standard InChI is InChI=1S/C83H79BN2/c1-77(2,3)49-30-32-70-57(38-49)58-40-51(79(7,8)9)43-68-73(58)85(70)75-61(56-36-47-24-18-17-23-46(47)35-55(56)48-29-31-64-65(37-48)82(15,16)34-33-81(64,13)14)45-67-76-71(75)84(68)69-44-52(80(10,11)12)41-60-59-39-50(78(4,5)6)42-66(72(59)86(76)74(60)69)83(67)62-27-21-19-25-53(62)54-26-20-22-28-63(54)83/h17-32,35-45H,33-34H2,1-16H3. The summed E-state index contributed by atoms with van der Waals surface area (Å²) in [5, 5.41) is 7.93. The number of hydrogen-bond donors (Lipinski definition) is 0. The van der Waals surface area contributed by atoms with Crippen LogP contribution in [0, 0.1) is 0 Å². The summed E-state index contributed by atoms with van der Waals surface area (Å²) in [6, 6.07) is 67.0. The van der Waals surface area contributed by atoms with E-state index in [1.54, 1.807) is 0 Å². The Labute approximate surface area is 509 Å². The molecule has 5 heterocycles. The van der Waals surface area contributed by atoms with E-state index < -0.39 is 5.41 Å². The fraction of sp³-hybridized carbons (Fsp3) is 0.301. The zero-order valence-corrected chi connectivity index (χ0v) is 53.5. The lowest BCUT2D eigenvalue weighted by Crippen LogP contribution is -2.61. The van der Waals surface area contributed by atoms with E-state index in [1.807, 2.05) is 0 Å². The van der Waals surface area contributed by atoms with Crippen molar-refractivity contribution in [1.82, 2.24) is 9.13 Å². The normalized spacial score (nSPS) is 16.5. The molecule has 0 saturated heterocycles. The van der Waals surface area contributed by atoms with Gasteiger partial charge in [-0.2, -0.15) is 0 Å². The van der Waals surface area contributed by atoms with Crippen molar-refractivity contribution in [2.24, 2.45) is 0 Å². The Morgan fingerprint density at radius 3 is 1.44 bits per heavy atom. The van der Waals surface area contributed by atoms with Crippen LogP contribution in [0.15, 0.2) is 164 Å². The second-order valence-electron chi connectivity index (χ2n) is 32.4. The summed E-state index contributed by atoms with van der Waals surface area (Å²) in [5.41, 5.74) is 33.1. The van der Waals surface area contributed by atoms with E-state index in [4.69, 9.17) is 0 Å². The van der Waals surface area contributed by atoms with Crippen LogP contribution in [0.5, 0.6) is 0 Å². The first-order chi connectivity index (χ1) is 40.7. The van der Waals surface area contributed by atoms with E-state index in [9.17, 15) is 0 Å². The summed E-state index contributed by atoms with van der Waals surface area (Å²) >= 11 is 0. The van der Waals surface area contributed by atoms with Gasteiger partial charge in [-0.05, 0) is 204 Å². The van der Waals surface area contributed by atoms with Gasteiger partial charge in [0, 0.05) is 43.8 Å². The van der Waals surface area contributed by atoms with Crippen LogP contribution < -0.4 is 16.4 Å². The average Bonchev–Trinajstić information content (AvgIpc) is 1.38. The molecule has 2 aromatic heterocycles. The molecule has 0 radical (unpaired) electrons. The van der Waals surface area contributed by atoms with E-state index in [1.165, 1.54) is 178 Å². The highest BCUT2D eigenvalue weighted by atomic mass is 15.1. The zero-order valence-electron chi connectivity index (χ0n) is 53.5. The molecule has 17 rings (SSSR count). The summed E-state index contributed by atoms with van der Waals surface area (Å²) in [6.07, 6.45) is 2.34. The molecule has 0 saturated carbocycles. The van der Waals surface area contributed by atoms with Gasteiger partial charge in [-0.15, -0.1) is 0 Å². The zero-order chi connectivity index (χ0) is 59.6. The predicted molar refractivity (Wildman–Crippen MR) is 369 cm³/mol. The van der Waals surface area contributed by atoms with Crippen LogP contribution in [-0.2, 0) is 37.9 Å². The number of aromatic nitrogens is 2. The number of benzene rings is 10. The monoisotopic (exact) mass is 1110 g/mol. The third kappa shape index (κ3) is 6.65. The Bertz CT molecular complexity index is 5040. The molecular weight excluding hydrogens is 1040 g/mol. The molecule has 3 heteroatoms. The molecule has 1 spiro atoms. The molecule has 3 aliphatic heterocycles. The van der Waals surface area contributed by atoms with Gasteiger partial charge in [-0.25, -0.2) is 0 Å². The highest BCUT2D eigenvalue weighted by Crippen LogP contribution is 2.63. The molecule has 424 valence electrons. The molecule has 10 aromatic carbocycles. The second-order valence-corrected chi connectivity index (χ2v) is 32.4. The Morgan fingerprint density at radius 1 is 0.349 bits per heavy atom. The van der Waals surface area contributed by atoms with Crippen LogP contribution in [0.25, 0.3) is 99.1 Å². The van der Waals surface area contributed by atoms with Crippen molar-refractivity contribution in [3.63, 3.8) is 0 Å². The first kappa shape index (κ1) is 52.5. The van der Waals surface area contributed by atoms with E-state index in [0.29, 0.717) is 0 Å². The minimum Gasteiger partial charge on any atom is -0.310 e. The fourth-order valence-electron chi connectivity index (χ4n) is 17.3. The van der Waals surface area contributed by atoms with Gasteiger partial charge in [0.05, 0.1) is 22.1 Å². The molecular formula is C83H79BN2. The van der Waals surface area contributed by atoms with Crippen molar-refractivity contribution in [1.29, 1.82) is 0 Å². The van der Waals surface area contributed by atoms with Gasteiger partial charge in [0.15, 0.2) is 0 Å². The number of fused-ring (bicyclic) bond motifs is 16. The van der Waals surface area contributed by atoms with Gasteiger partial charge >= 0.3 is 0 Å². The summed E-state index contributed by atoms with van der Waals surface area (Å²) in [4.78, 5) is 0. The first-order valence-corrected chi connectivity index (χ1v) is 32.1. The molecule has 0 fully saturated rings. The molecule has 0 bridgehead atoms. The van der Waals surface area contributed by atoms with Gasteiger partial charge < -0.3 is 9.13 Å². The minimum absolute atomic E-state index is 0.0337. The van der Waals surface area contributed by atoms with Crippen LogP contribution in [0.3, 0.4) is 0 Å². The Balaban J connectivity index is 1.16. The highest BCUT2D eigenvalue weighted by molar-refractivity contribution is 7.00. The Morgan fingerprint density at radius 2 is 0.849 bits per heavy atom. The maximum atomic E-state index is 2.84. The SMILES string of the molecule is CC(C)(C)c1ccc2c(c1)c1cc(C(C)(C)C)cc3c1n2-c1c(-c2cc4ccccc4cc2-c2ccc4c(c2)C(C)(C)CCC4(C)C)cc2c4c1B3c1cc(C(C)(C)C)cc3c5cc(C(C)(C)C)cc(c5n-4c13)C21c2ccccc2-c2ccccc21.